The van der Waals surface area contributed by atoms with Crippen LogP contribution in [-0.2, 0) is 16.1 Å². The molecule has 2 aromatic carbocycles. The molecule has 168 valence electrons. The number of carbonyl (C=O) groups excluding carboxylic acids is 2. The summed E-state index contributed by atoms with van der Waals surface area (Å²) < 4.78 is 19.1. The first-order chi connectivity index (χ1) is 14.7. The predicted octanol–water partition coefficient (Wildman–Crippen LogP) is 4.66. The van der Waals surface area contributed by atoms with Crippen LogP contribution in [0.25, 0.3) is 0 Å². The number of carbonyl (C=O) groups is 2. The quantitative estimate of drug-likeness (QED) is 0.599. The maximum atomic E-state index is 13.3. The topological polar surface area (TPSA) is 58.6 Å². The first-order valence-electron chi connectivity index (χ1n) is 10.8. The van der Waals surface area contributed by atoms with Crippen LogP contribution in [0.4, 0.5) is 4.39 Å². The molecule has 0 aliphatic carbocycles. The second kappa shape index (κ2) is 11.5. The molecule has 0 fully saturated rings. The molecule has 0 unspecified atom stereocenters. The molecule has 0 saturated carbocycles. The second-order valence-corrected chi connectivity index (χ2v) is 8.12. The minimum atomic E-state index is -0.699. The fraction of sp³-hybridized carbons (Fsp3) is 0.440. The van der Waals surface area contributed by atoms with E-state index in [0.29, 0.717) is 5.75 Å². The molecule has 0 aliphatic rings. The van der Waals surface area contributed by atoms with E-state index in [1.165, 1.54) is 17.0 Å². The Morgan fingerprint density at radius 3 is 2.29 bits per heavy atom. The number of nitrogens with one attached hydrogen (secondary N) is 1. The molecule has 2 aromatic rings. The number of amides is 2. The molecule has 2 amide bonds. The van der Waals surface area contributed by atoms with E-state index in [-0.39, 0.29) is 42.7 Å². The van der Waals surface area contributed by atoms with E-state index in [1.54, 1.807) is 19.1 Å². The van der Waals surface area contributed by atoms with Gasteiger partial charge in [-0.05, 0) is 55.5 Å². The highest BCUT2D eigenvalue weighted by Crippen LogP contribution is 2.26. The first-order valence-corrected chi connectivity index (χ1v) is 10.8. The van der Waals surface area contributed by atoms with Gasteiger partial charge in [0.05, 0.1) is 0 Å². The Kier molecular flexibility index (Phi) is 9.03. The summed E-state index contributed by atoms with van der Waals surface area (Å²) in [6.45, 7) is 9.72. The summed E-state index contributed by atoms with van der Waals surface area (Å²) in [6, 6.07) is 12.8. The van der Waals surface area contributed by atoms with Crippen LogP contribution in [0, 0.1) is 5.82 Å². The molecule has 2 atom stereocenters. The lowest BCUT2D eigenvalue weighted by Crippen LogP contribution is -2.50. The summed E-state index contributed by atoms with van der Waals surface area (Å²) in [5.74, 6) is 0.0195. The maximum absolute atomic E-state index is 13.3. The summed E-state index contributed by atoms with van der Waals surface area (Å²) in [6.07, 6.45) is 0.791. The Hall–Kier alpha value is -2.89. The maximum Gasteiger partial charge on any atom is 0.261 e. The smallest absolute Gasteiger partial charge is 0.261 e. The van der Waals surface area contributed by atoms with Gasteiger partial charge in [0, 0.05) is 12.6 Å². The van der Waals surface area contributed by atoms with Crippen molar-refractivity contribution in [1.29, 1.82) is 0 Å². The Balaban J connectivity index is 2.19. The van der Waals surface area contributed by atoms with Gasteiger partial charge < -0.3 is 15.0 Å². The van der Waals surface area contributed by atoms with E-state index in [1.807, 2.05) is 38.1 Å². The summed E-state index contributed by atoms with van der Waals surface area (Å²) in [5.41, 5.74) is 1.75. The number of ether oxygens (including phenoxy) is 1. The lowest BCUT2D eigenvalue weighted by Gasteiger charge is -2.29. The van der Waals surface area contributed by atoms with Gasteiger partial charge in [-0.15, -0.1) is 0 Å². The van der Waals surface area contributed by atoms with Crippen LogP contribution in [0.15, 0.2) is 48.5 Å². The zero-order chi connectivity index (χ0) is 23.0. The van der Waals surface area contributed by atoms with Gasteiger partial charge in [-0.1, -0.05) is 51.1 Å². The van der Waals surface area contributed by atoms with E-state index in [9.17, 15) is 14.0 Å². The van der Waals surface area contributed by atoms with Crippen LogP contribution in [0.3, 0.4) is 0 Å². The lowest BCUT2D eigenvalue weighted by molar-refractivity contribution is -0.142. The van der Waals surface area contributed by atoms with Crippen molar-refractivity contribution in [1.82, 2.24) is 10.2 Å². The van der Waals surface area contributed by atoms with Crippen LogP contribution < -0.4 is 10.1 Å². The number of halogens is 1. The molecule has 0 radical (unpaired) electrons. The van der Waals surface area contributed by atoms with Crippen molar-refractivity contribution in [2.45, 2.75) is 65.6 Å². The third-order valence-corrected chi connectivity index (χ3v) is 5.33. The number of rotatable bonds is 10. The third kappa shape index (κ3) is 7.09. The largest absolute Gasteiger partial charge is 0.483 e. The molecule has 5 nitrogen and oxygen atoms in total. The minimum absolute atomic E-state index is 0.00638. The number of nitrogens with zero attached hydrogens (tertiary/aromatic N) is 1. The molecule has 2 rings (SSSR count). The standard InChI is InChI=1S/C25H33FN2O3/c1-6-18(4)27-25(30)19(5)28(15-20-11-13-21(26)14-12-20)24(29)16-31-23-10-8-7-9-22(23)17(2)3/h7-14,17-19H,6,15-16H2,1-5H3,(H,27,30)/t18-,19+/m0/s1. The lowest BCUT2D eigenvalue weighted by atomic mass is 10.0. The number of hydrogen-bond donors (Lipinski definition) is 1. The van der Waals surface area contributed by atoms with Crippen LogP contribution in [0.1, 0.15) is 58.1 Å². The average molecular weight is 429 g/mol. The highest BCUT2D eigenvalue weighted by molar-refractivity contribution is 5.88. The van der Waals surface area contributed by atoms with Gasteiger partial charge >= 0.3 is 0 Å². The Labute approximate surface area is 184 Å². The molecular formula is C25H33FN2O3. The zero-order valence-corrected chi connectivity index (χ0v) is 19.0. The Bertz CT molecular complexity index is 867. The van der Waals surface area contributed by atoms with Gasteiger partial charge in [0.25, 0.3) is 5.91 Å². The number of hydrogen-bond acceptors (Lipinski definition) is 3. The second-order valence-electron chi connectivity index (χ2n) is 8.12. The van der Waals surface area contributed by atoms with Gasteiger partial charge in [0.2, 0.25) is 5.91 Å². The Morgan fingerprint density at radius 2 is 1.68 bits per heavy atom. The fourth-order valence-electron chi connectivity index (χ4n) is 3.15. The zero-order valence-electron chi connectivity index (χ0n) is 19.0. The predicted molar refractivity (Wildman–Crippen MR) is 120 cm³/mol. The summed E-state index contributed by atoms with van der Waals surface area (Å²) in [4.78, 5) is 27.3. The van der Waals surface area contributed by atoms with Crippen molar-refractivity contribution in [3.8, 4) is 5.75 Å². The van der Waals surface area contributed by atoms with Gasteiger partial charge in [0.1, 0.15) is 17.6 Å². The van der Waals surface area contributed by atoms with Crippen LogP contribution in [0.5, 0.6) is 5.75 Å². The monoisotopic (exact) mass is 428 g/mol. The normalized spacial score (nSPS) is 12.9. The molecule has 0 bridgehead atoms. The van der Waals surface area contributed by atoms with Crippen LogP contribution in [-0.4, -0.2) is 35.4 Å². The Morgan fingerprint density at radius 1 is 1.03 bits per heavy atom. The molecule has 0 aliphatic heterocycles. The number of para-hydroxylation sites is 1. The average Bonchev–Trinajstić information content (AvgIpc) is 2.76. The summed E-state index contributed by atoms with van der Waals surface area (Å²) >= 11 is 0. The molecule has 1 N–H and O–H groups in total. The van der Waals surface area contributed by atoms with Gasteiger partial charge in [-0.3, -0.25) is 9.59 Å². The van der Waals surface area contributed by atoms with Crippen molar-refractivity contribution in [3.05, 3.63) is 65.5 Å². The highest BCUT2D eigenvalue weighted by Gasteiger charge is 2.27. The van der Waals surface area contributed by atoms with Gasteiger partial charge in [-0.2, -0.15) is 0 Å². The SMILES string of the molecule is CC[C@H](C)NC(=O)[C@@H](C)N(Cc1ccc(F)cc1)C(=O)COc1ccccc1C(C)C. The van der Waals surface area contributed by atoms with Crippen molar-refractivity contribution >= 4 is 11.8 Å². The van der Waals surface area contributed by atoms with Crippen LogP contribution >= 0.6 is 0 Å². The van der Waals surface area contributed by atoms with Gasteiger partial charge in [0.15, 0.2) is 6.61 Å². The van der Waals surface area contributed by atoms with Crippen LogP contribution in [0.2, 0.25) is 0 Å². The summed E-state index contributed by atoms with van der Waals surface area (Å²) in [5, 5.41) is 2.92. The van der Waals surface area contributed by atoms with Crippen molar-refractivity contribution in [2.75, 3.05) is 6.61 Å². The molecule has 0 spiro atoms. The fourth-order valence-corrected chi connectivity index (χ4v) is 3.15. The molecule has 0 aromatic heterocycles. The summed E-state index contributed by atoms with van der Waals surface area (Å²) in [7, 11) is 0. The highest BCUT2D eigenvalue weighted by atomic mass is 19.1. The molecule has 31 heavy (non-hydrogen) atoms. The van der Waals surface area contributed by atoms with Crippen molar-refractivity contribution in [2.24, 2.45) is 0 Å². The van der Waals surface area contributed by atoms with Gasteiger partial charge in [-0.25, -0.2) is 4.39 Å². The number of benzene rings is 2. The van der Waals surface area contributed by atoms with E-state index in [2.05, 4.69) is 19.2 Å². The first kappa shape index (κ1) is 24.4. The van der Waals surface area contributed by atoms with E-state index in [4.69, 9.17) is 4.74 Å². The van der Waals surface area contributed by atoms with E-state index in [0.717, 1.165) is 17.5 Å². The molecule has 6 heteroatoms. The molecular weight excluding hydrogens is 395 g/mol. The molecule has 0 heterocycles. The minimum Gasteiger partial charge on any atom is -0.483 e. The third-order valence-electron chi connectivity index (χ3n) is 5.33. The van der Waals surface area contributed by atoms with E-state index < -0.39 is 6.04 Å². The van der Waals surface area contributed by atoms with Crippen molar-refractivity contribution in [3.63, 3.8) is 0 Å². The molecule has 0 saturated heterocycles. The van der Waals surface area contributed by atoms with Crippen molar-refractivity contribution < 1.29 is 18.7 Å². The van der Waals surface area contributed by atoms with E-state index >= 15 is 0 Å².